The molecule has 1 rings (SSSR count). The van der Waals surface area contributed by atoms with Crippen LogP contribution < -0.4 is 5.43 Å². The molecule has 0 amide bonds. The maximum atomic E-state index is 13.6. The average Bonchev–Trinajstić information content (AvgIpc) is 2.42. The summed E-state index contributed by atoms with van der Waals surface area (Å²) in [6.07, 6.45) is -5.41. The Labute approximate surface area is 142 Å². The second-order valence-electron chi connectivity index (χ2n) is 4.73. The molecule has 140 valence electrons. The number of carbonyl (C=O) groups is 2. The normalized spacial score (nSPS) is 12.2. The largest absolute Gasteiger partial charge is 0.478 e. The van der Waals surface area contributed by atoms with Crippen LogP contribution in [0.3, 0.4) is 0 Å². The number of rotatable bonds is 5. The number of nitrogens with one attached hydrogen (secondary N) is 1. The fraction of sp³-hybridized carbons (Fsp3) is 0.417. The summed E-state index contributed by atoms with van der Waals surface area (Å²) in [5.74, 6) is -3.71. The van der Waals surface area contributed by atoms with Crippen LogP contribution in [0.5, 0.6) is 0 Å². The Hall–Kier alpha value is -2.21. The maximum Gasteiger partial charge on any atom is 0.434 e. The molecule has 0 aromatic carbocycles. The molecule has 0 saturated heterocycles. The van der Waals surface area contributed by atoms with E-state index in [1.54, 1.807) is 0 Å². The van der Waals surface area contributed by atoms with Crippen LogP contribution >= 0.6 is 11.6 Å². The lowest BCUT2D eigenvalue weighted by atomic mass is 10.0. The first-order chi connectivity index (χ1) is 11.2. The van der Waals surface area contributed by atoms with Gasteiger partial charge in [-0.3, -0.25) is 0 Å². The van der Waals surface area contributed by atoms with Gasteiger partial charge in [0, 0.05) is 14.1 Å². The molecule has 7 nitrogen and oxygen atoms in total. The second-order valence-corrected chi connectivity index (χ2v) is 5.21. The molecule has 0 bridgehead atoms. The Morgan fingerprint density at radius 1 is 1.16 bits per heavy atom. The number of ether oxygens (including phenoxy) is 1. The first-order valence-corrected chi connectivity index (χ1v) is 6.57. The number of methoxy groups -OCH3 is 1. The van der Waals surface area contributed by atoms with E-state index in [0.29, 0.717) is 0 Å². The van der Waals surface area contributed by atoms with E-state index in [-0.39, 0.29) is 0 Å². The molecular weight excluding hydrogens is 381 g/mol. The molecule has 0 unspecified atom stereocenters. The van der Waals surface area contributed by atoms with Crippen LogP contribution in [-0.4, -0.2) is 48.2 Å². The number of pyridine rings is 1. The summed E-state index contributed by atoms with van der Waals surface area (Å²) in [5, 5.41) is 5.55. The molecule has 0 saturated carbocycles. The molecule has 25 heavy (non-hydrogen) atoms. The third-order valence-corrected chi connectivity index (χ3v) is 2.85. The highest BCUT2D eigenvalue weighted by atomic mass is 35.5. The van der Waals surface area contributed by atoms with Crippen LogP contribution in [-0.2, 0) is 16.3 Å². The molecule has 1 aromatic heterocycles. The first kappa shape index (κ1) is 20.8. The van der Waals surface area contributed by atoms with Crippen molar-refractivity contribution in [3.63, 3.8) is 0 Å². The van der Waals surface area contributed by atoms with Gasteiger partial charge in [0.15, 0.2) is 5.69 Å². The number of carboxylic acids is 1. The van der Waals surface area contributed by atoms with Crippen molar-refractivity contribution >= 4 is 29.2 Å². The highest BCUT2D eigenvalue weighted by molar-refractivity contribution is 6.22. The predicted molar refractivity (Wildman–Crippen MR) is 74.6 cm³/mol. The van der Waals surface area contributed by atoms with Crippen molar-refractivity contribution < 1.29 is 41.4 Å². The van der Waals surface area contributed by atoms with E-state index in [2.05, 4.69) is 15.1 Å². The van der Waals surface area contributed by atoms with Gasteiger partial charge < -0.3 is 15.3 Å². The fourth-order valence-corrected chi connectivity index (χ4v) is 1.98. The molecular formula is C12H11ClF5N3O4. The number of hydrazine groups is 1. The van der Waals surface area contributed by atoms with Gasteiger partial charge in [0.1, 0.15) is 16.8 Å². The zero-order valence-corrected chi connectivity index (χ0v) is 13.6. The summed E-state index contributed by atoms with van der Waals surface area (Å²) in [4.78, 5) is 25.8. The summed E-state index contributed by atoms with van der Waals surface area (Å²) in [5.41, 5.74) is -5.70. The van der Waals surface area contributed by atoms with Gasteiger partial charge in [-0.25, -0.2) is 19.6 Å². The lowest BCUT2D eigenvalue weighted by Crippen LogP contribution is -2.30. The van der Waals surface area contributed by atoms with E-state index in [9.17, 15) is 31.5 Å². The van der Waals surface area contributed by atoms with Crippen molar-refractivity contribution in [1.29, 1.82) is 0 Å². The third-order valence-electron chi connectivity index (χ3n) is 2.67. The molecule has 1 heterocycles. The second kappa shape index (κ2) is 6.96. The molecule has 2 N–H and O–H groups in total. The van der Waals surface area contributed by atoms with E-state index in [1.165, 1.54) is 14.1 Å². The quantitative estimate of drug-likeness (QED) is 0.345. The van der Waals surface area contributed by atoms with Crippen LogP contribution in [0.15, 0.2) is 0 Å². The molecule has 0 spiro atoms. The Balaban J connectivity index is 4.12. The number of anilines is 1. The average molecular weight is 392 g/mol. The fourth-order valence-electron chi connectivity index (χ4n) is 1.84. The van der Waals surface area contributed by atoms with Crippen molar-refractivity contribution in [1.82, 2.24) is 9.99 Å². The van der Waals surface area contributed by atoms with Gasteiger partial charge in [-0.1, -0.05) is 0 Å². The van der Waals surface area contributed by atoms with Crippen molar-refractivity contribution in [2.75, 3.05) is 26.6 Å². The Kier molecular flexibility index (Phi) is 5.80. The van der Waals surface area contributed by atoms with Crippen molar-refractivity contribution in [2.45, 2.75) is 11.6 Å². The topological polar surface area (TPSA) is 91.8 Å². The first-order valence-electron chi connectivity index (χ1n) is 6.19. The number of nitrogens with zero attached hydrogens (tertiary/aromatic N) is 2. The molecule has 0 atom stereocenters. The number of carboxylic acid groups (broad SMARTS) is 1. The highest BCUT2D eigenvalue weighted by Gasteiger charge is 2.46. The minimum atomic E-state index is -5.41. The maximum absolute atomic E-state index is 13.6. The molecule has 0 aliphatic carbocycles. The lowest BCUT2D eigenvalue weighted by molar-refractivity contribution is -0.142. The summed E-state index contributed by atoms with van der Waals surface area (Å²) in [6, 6.07) is 0. The minimum absolute atomic E-state index is 0.760. The number of halogens is 6. The lowest BCUT2D eigenvalue weighted by Gasteiger charge is -2.23. The summed E-state index contributed by atoms with van der Waals surface area (Å²) in [7, 11) is 3.20. The third kappa shape index (κ3) is 4.45. The summed E-state index contributed by atoms with van der Waals surface area (Å²) < 4.78 is 70.8. The van der Waals surface area contributed by atoms with Gasteiger partial charge in [-0.05, 0) is 11.6 Å². The Morgan fingerprint density at radius 2 is 1.68 bits per heavy atom. The standard InChI is InChI=1S/C12H11ClF5N3O4/c1-21(2)20-6-4(9(22)23)8(12(16,17)18)19-7(11(13,14)15)5(6)10(24)25-3/h1-3H3,(H,19,20)(H,22,23). The number of hydrogen-bond acceptors (Lipinski definition) is 6. The van der Waals surface area contributed by atoms with Gasteiger partial charge in [0.05, 0.1) is 12.8 Å². The number of esters is 1. The van der Waals surface area contributed by atoms with E-state index in [0.717, 1.165) is 12.1 Å². The number of alkyl halides is 6. The smallest absolute Gasteiger partial charge is 0.434 e. The summed E-state index contributed by atoms with van der Waals surface area (Å²) in [6.45, 7) is 0. The van der Waals surface area contributed by atoms with E-state index < -0.39 is 51.7 Å². The molecule has 1 aromatic rings. The van der Waals surface area contributed by atoms with Crippen LogP contribution in [0.1, 0.15) is 32.1 Å². The van der Waals surface area contributed by atoms with E-state index >= 15 is 0 Å². The number of carbonyl (C=O) groups excluding carboxylic acids is 1. The molecule has 0 radical (unpaired) electrons. The van der Waals surface area contributed by atoms with Gasteiger partial charge in [0.25, 0.3) is 0 Å². The van der Waals surface area contributed by atoms with Gasteiger partial charge in [-0.2, -0.15) is 22.0 Å². The molecule has 13 heteroatoms. The minimum Gasteiger partial charge on any atom is -0.478 e. The number of aromatic nitrogens is 1. The van der Waals surface area contributed by atoms with Crippen LogP contribution in [0, 0.1) is 0 Å². The highest BCUT2D eigenvalue weighted by Crippen LogP contribution is 2.42. The molecule has 0 aliphatic rings. The predicted octanol–water partition coefficient (Wildman–Crippen LogP) is 2.76. The number of hydrogen-bond donors (Lipinski definition) is 2. The van der Waals surface area contributed by atoms with Crippen LogP contribution in [0.25, 0.3) is 0 Å². The van der Waals surface area contributed by atoms with E-state index in [1.807, 2.05) is 0 Å². The summed E-state index contributed by atoms with van der Waals surface area (Å²) >= 11 is 4.77. The van der Waals surface area contributed by atoms with Gasteiger partial charge in [-0.15, -0.1) is 0 Å². The van der Waals surface area contributed by atoms with Gasteiger partial charge in [0.2, 0.25) is 0 Å². The van der Waals surface area contributed by atoms with Crippen LogP contribution in [0.4, 0.5) is 27.6 Å². The van der Waals surface area contributed by atoms with Crippen molar-refractivity contribution in [2.24, 2.45) is 0 Å². The Morgan fingerprint density at radius 3 is 2.00 bits per heavy atom. The van der Waals surface area contributed by atoms with Gasteiger partial charge >= 0.3 is 23.5 Å². The van der Waals surface area contributed by atoms with Crippen LogP contribution in [0.2, 0.25) is 0 Å². The van der Waals surface area contributed by atoms with E-state index in [4.69, 9.17) is 16.7 Å². The zero-order valence-electron chi connectivity index (χ0n) is 12.8. The molecule has 0 aliphatic heterocycles. The monoisotopic (exact) mass is 391 g/mol. The number of aromatic carboxylic acids is 1. The van der Waals surface area contributed by atoms with Crippen molar-refractivity contribution in [3.8, 4) is 0 Å². The Bertz CT molecular complexity index is 703. The zero-order chi connectivity index (χ0) is 19.7. The SMILES string of the molecule is COC(=O)c1c(C(F)(F)Cl)nc(C(F)(F)F)c(C(=O)O)c1NN(C)C. The molecule has 0 fully saturated rings. The van der Waals surface area contributed by atoms with Crippen molar-refractivity contribution in [3.05, 3.63) is 22.5 Å².